The summed E-state index contributed by atoms with van der Waals surface area (Å²) in [5.74, 6) is 1.63. The van der Waals surface area contributed by atoms with Gasteiger partial charge in [-0.05, 0) is 31.2 Å². The van der Waals surface area contributed by atoms with Crippen LogP contribution in [-0.4, -0.2) is 16.3 Å². The Morgan fingerprint density at radius 2 is 2.07 bits per heavy atom. The Morgan fingerprint density at radius 3 is 2.73 bits per heavy atom. The molecule has 0 saturated heterocycles. The Bertz CT molecular complexity index is 312. The predicted molar refractivity (Wildman–Crippen MR) is 58.5 cm³/mol. The second kappa shape index (κ2) is 4.47. The van der Waals surface area contributed by atoms with Crippen molar-refractivity contribution >= 4 is 5.82 Å². The van der Waals surface area contributed by atoms with Crippen LogP contribution in [0.25, 0.3) is 0 Å². The SMILES string of the molecule is CC1CCCCC1Oc1ccc(N)nn1. The van der Waals surface area contributed by atoms with Crippen molar-refractivity contribution in [1.82, 2.24) is 10.2 Å². The van der Waals surface area contributed by atoms with Gasteiger partial charge in [0.15, 0.2) is 0 Å². The van der Waals surface area contributed by atoms with Gasteiger partial charge in [0.2, 0.25) is 5.88 Å². The maximum Gasteiger partial charge on any atom is 0.233 e. The Kier molecular flexibility index (Phi) is 3.04. The maximum absolute atomic E-state index is 5.79. The molecule has 2 N–H and O–H groups in total. The molecule has 2 atom stereocenters. The molecule has 1 fully saturated rings. The standard InChI is InChI=1S/C11H17N3O/c1-8-4-2-3-5-9(8)15-11-7-6-10(12)13-14-11/h6-9H,2-5H2,1H3,(H2,12,13). The third kappa shape index (κ3) is 2.58. The summed E-state index contributed by atoms with van der Waals surface area (Å²) < 4.78 is 5.79. The number of hydrogen-bond acceptors (Lipinski definition) is 4. The van der Waals surface area contributed by atoms with Crippen LogP contribution in [0.1, 0.15) is 32.6 Å². The zero-order chi connectivity index (χ0) is 10.7. The van der Waals surface area contributed by atoms with E-state index >= 15 is 0 Å². The molecule has 1 aliphatic rings. The Labute approximate surface area is 89.8 Å². The molecule has 4 heteroatoms. The summed E-state index contributed by atoms with van der Waals surface area (Å²) in [6, 6.07) is 3.50. The summed E-state index contributed by atoms with van der Waals surface area (Å²) >= 11 is 0. The summed E-state index contributed by atoms with van der Waals surface area (Å²) in [6.45, 7) is 2.23. The van der Waals surface area contributed by atoms with Gasteiger partial charge in [-0.3, -0.25) is 0 Å². The molecule has 0 radical (unpaired) electrons. The van der Waals surface area contributed by atoms with Gasteiger partial charge in [-0.25, -0.2) is 0 Å². The first kappa shape index (κ1) is 10.2. The van der Waals surface area contributed by atoms with Crippen molar-refractivity contribution in [2.45, 2.75) is 38.7 Å². The van der Waals surface area contributed by atoms with Crippen molar-refractivity contribution in [3.05, 3.63) is 12.1 Å². The molecule has 0 aromatic carbocycles. The van der Waals surface area contributed by atoms with Crippen LogP contribution in [-0.2, 0) is 0 Å². The molecule has 1 aromatic heterocycles. The van der Waals surface area contributed by atoms with Gasteiger partial charge >= 0.3 is 0 Å². The average Bonchev–Trinajstić information content (AvgIpc) is 2.25. The van der Waals surface area contributed by atoms with Crippen molar-refractivity contribution in [2.75, 3.05) is 5.73 Å². The molecule has 15 heavy (non-hydrogen) atoms. The van der Waals surface area contributed by atoms with Gasteiger partial charge in [0, 0.05) is 6.07 Å². The van der Waals surface area contributed by atoms with E-state index < -0.39 is 0 Å². The van der Waals surface area contributed by atoms with E-state index in [0.717, 1.165) is 6.42 Å². The lowest BCUT2D eigenvalue weighted by Crippen LogP contribution is -2.28. The molecule has 2 unspecified atom stereocenters. The van der Waals surface area contributed by atoms with Crippen LogP contribution in [0.2, 0.25) is 0 Å². The fourth-order valence-electron chi connectivity index (χ4n) is 2.01. The first-order chi connectivity index (χ1) is 7.25. The lowest BCUT2D eigenvalue weighted by atomic mass is 9.88. The highest BCUT2D eigenvalue weighted by Gasteiger charge is 2.23. The molecule has 1 heterocycles. The average molecular weight is 207 g/mol. The van der Waals surface area contributed by atoms with Gasteiger partial charge < -0.3 is 10.5 Å². The highest BCUT2D eigenvalue weighted by molar-refractivity contribution is 5.27. The van der Waals surface area contributed by atoms with Crippen LogP contribution in [0.4, 0.5) is 5.82 Å². The van der Waals surface area contributed by atoms with E-state index in [1.165, 1.54) is 19.3 Å². The summed E-state index contributed by atoms with van der Waals surface area (Å²) in [4.78, 5) is 0. The van der Waals surface area contributed by atoms with E-state index in [9.17, 15) is 0 Å². The lowest BCUT2D eigenvalue weighted by Gasteiger charge is -2.28. The van der Waals surface area contributed by atoms with Gasteiger partial charge in [0.05, 0.1) is 0 Å². The Balaban J connectivity index is 1.98. The molecule has 0 bridgehead atoms. The zero-order valence-electron chi connectivity index (χ0n) is 9.02. The third-order valence-electron chi connectivity index (χ3n) is 2.97. The van der Waals surface area contributed by atoms with Gasteiger partial charge in [0.25, 0.3) is 0 Å². The summed E-state index contributed by atoms with van der Waals surface area (Å²) in [7, 11) is 0. The highest BCUT2D eigenvalue weighted by atomic mass is 16.5. The second-order valence-corrected chi connectivity index (χ2v) is 4.21. The number of anilines is 1. The molecular weight excluding hydrogens is 190 g/mol. The Hall–Kier alpha value is -1.32. The minimum atomic E-state index is 0.289. The van der Waals surface area contributed by atoms with Crippen LogP contribution >= 0.6 is 0 Å². The smallest absolute Gasteiger partial charge is 0.233 e. The Morgan fingerprint density at radius 1 is 1.27 bits per heavy atom. The van der Waals surface area contributed by atoms with Crippen LogP contribution in [0.5, 0.6) is 5.88 Å². The van der Waals surface area contributed by atoms with Gasteiger partial charge in [-0.2, -0.15) is 0 Å². The fraction of sp³-hybridized carbons (Fsp3) is 0.636. The van der Waals surface area contributed by atoms with E-state index in [0.29, 0.717) is 17.6 Å². The number of nitrogen functional groups attached to an aromatic ring is 1. The number of nitrogens with two attached hydrogens (primary N) is 1. The summed E-state index contributed by atoms with van der Waals surface area (Å²) in [5.41, 5.74) is 5.46. The molecular formula is C11H17N3O. The number of rotatable bonds is 2. The van der Waals surface area contributed by atoms with Crippen molar-refractivity contribution in [1.29, 1.82) is 0 Å². The third-order valence-corrected chi connectivity index (χ3v) is 2.97. The molecule has 0 spiro atoms. The molecule has 1 saturated carbocycles. The highest BCUT2D eigenvalue weighted by Crippen LogP contribution is 2.27. The molecule has 2 rings (SSSR count). The van der Waals surface area contributed by atoms with Crippen molar-refractivity contribution in [3.63, 3.8) is 0 Å². The zero-order valence-corrected chi connectivity index (χ0v) is 9.02. The molecule has 0 amide bonds. The largest absolute Gasteiger partial charge is 0.473 e. The van der Waals surface area contributed by atoms with Gasteiger partial charge in [-0.15, -0.1) is 10.2 Å². The predicted octanol–water partition coefficient (Wildman–Crippen LogP) is 2.02. The van der Waals surface area contributed by atoms with Crippen LogP contribution < -0.4 is 10.5 Å². The second-order valence-electron chi connectivity index (χ2n) is 4.21. The maximum atomic E-state index is 5.79. The van der Waals surface area contributed by atoms with Gasteiger partial charge in [-0.1, -0.05) is 13.3 Å². The molecule has 1 aliphatic carbocycles. The number of nitrogens with zero attached hydrogens (tertiary/aromatic N) is 2. The molecule has 4 nitrogen and oxygen atoms in total. The first-order valence-corrected chi connectivity index (χ1v) is 5.51. The number of hydrogen-bond donors (Lipinski definition) is 1. The molecule has 1 aromatic rings. The van der Waals surface area contributed by atoms with E-state index in [4.69, 9.17) is 10.5 Å². The topological polar surface area (TPSA) is 61.0 Å². The van der Waals surface area contributed by atoms with Crippen LogP contribution in [0.15, 0.2) is 12.1 Å². The monoisotopic (exact) mass is 207 g/mol. The first-order valence-electron chi connectivity index (χ1n) is 5.51. The minimum Gasteiger partial charge on any atom is -0.473 e. The van der Waals surface area contributed by atoms with Crippen molar-refractivity contribution < 1.29 is 4.74 Å². The van der Waals surface area contributed by atoms with E-state index in [1.807, 2.05) is 0 Å². The normalized spacial score (nSPS) is 26.2. The molecule has 0 aliphatic heterocycles. The lowest BCUT2D eigenvalue weighted by molar-refractivity contribution is 0.0965. The van der Waals surface area contributed by atoms with Crippen LogP contribution in [0.3, 0.4) is 0 Å². The van der Waals surface area contributed by atoms with Gasteiger partial charge in [0.1, 0.15) is 11.9 Å². The fourth-order valence-corrected chi connectivity index (χ4v) is 2.01. The summed E-state index contributed by atoms with van der Waals surface area (Å²) in [5, 5.41) is 7.68. The van der Waals surface area contributed by atoms with E-state index in [1.54, 1.807) is 12.1 Å². The quantitative estimate of drug-likeness (QED) is 0.805. The van der Waals surface area contributed by atoms with E-state index in [2.05, 4.69) is 17.1 Å². The van der Waals surface area contributed by atoms with Crippen molar-refractivity contribution in [2.24, 2.45) is 5.92 Å². The summed E-state index contributed by atoms with van der Waals surface area (Å²) in [6.07, 6.45) is 5.21. The van der Waals surface area contributed by atoms with E-state index in [-0.39, 0.29) is 6.10 Å². The minimum absolute atomic E-state index is 0.289. The van der Waals surface area contributed by atoms with Crippen LogP contribution in [0, 0.1) is 5.92 Å². The molecule has 82 valence electrons. The number of aromatic nitrogens is 2. The number of ether oxygens (including phenoxy) is 1. The van der Waals surface area contributed by atoms with Crippen molar-refractivity contribution in [3.8, 4) is 5.88 Å².